The first kappa shape index (κ1) is 15.2. The normalized spacial score (nSPS) is 19.7. The molecule has 2 N–H and O–H groups in total. The zero-order chi connectivity index (χ0) is 16.9. The Morgan fingerprint density at radius 1 is 1.29 bits per heavy atom. The molecule has 0 radical (unpaired) electrons. The van der Waals surface area contributed by atoms with Crippen molar-refractivity contribution < 1.29 is 13.3 Å². The Hall–Kier alpha value is -2.30. The van der Waals surface area contributed by atoms with Crippen molar-refractivity contribution in [3.05, 3.63) is 52.1 Å². The van der Waals surface area contributed by atoms with E-state index in [-0.39, 0.29) is 11.4 Å². The molecule has 2 aliphatic rings. The third-order valence-corrected chi connectivity index (χ3v) is 6.68. The van der Waals surface area contributed by atoms with E-state index in [1.807, 2.05) is 0 Å². The molecule has 0 unspecified atom stereocenters. The number of sulfonamides is 1. The minimum absolute atomic E-state index is 0.255. The summed E-state index contributed by atoms with van der Waals surface area (Å²) in [5, 5.41) is 14.3. The van der Waals surface area contributed by atoms with E-state index in [1.165, 1.54) is 28.6 Å². The standard InChI is InChI=1S/C14H15N5O4S/c20-19(21)11-3-1-2-4-12(11)24(22,23)18-6-5-10-13(17-9-16-10)14(18)7-15-8-14/h1-4,9,15H,5-8H2,(H,16,17). The fourth-order valence-corrected chi connectivity index (χ4v) is 5.36. The maximum absolute atomic E-state index is 13.2. The number of hydrogen-bond acceptors (Lipinski definition) is 6. The Labute approximate surface area is 137 Å². The molecule has 0 saturated carbocycles. The Morgan fingerprint density at radius 2 is 2.04 bits per heavy atom. The van der Waals surface area contributed by atoms with Crippen LogP contribution in [0.2, 0.25) is 0 Å². The molecule has 1 aromatic carbocycles. The molecule has 0 bridgehead atoms. The summed E-state index contributed by atoms with van der Waals surface area (Å²) in [6.07, 6.45) is 2.06. The summed E-state index contributed by atoms with van der Waals surface area (Å²) in [5.74, 6) is 0. The van der Waals surface area contributed by atoms with Crippen LogP contribution in [0, 0.1) is 10.1 Å². The van der Waals surface area contributed by atoms with E-state index in [2.05, 4.69) is 15.3 Å². The molecule has 2 aromatic rings. The number of benzene rings is 1. The number of nitrogens with zero attached hydrogens (tertiary/aromatic N) is 3. The smallest absolute Gasteiger partial charge is 0.289 e. The molecule has 1 spiro atoms. The molecule has 0 atom stereocenters. The Bertz CT molecular complexity index is 919. The second-order valence-electron chi connectivity index (χ2n) is 5.92. The molecular formula is C14H15N5O4S. The number of hydrogen-bond donors (Lipinski definition) is 2. The Balaban J connectivity index is 1.86. The monoisotopic (exact) mass is 349 g/mol. The van der Waals surface area contributed by atoms with Crippen LogP contribution in [0.3, 0.4) is 0 Å². The Kier molecular flexibility index (Phi) is 3.24. The summed E-state index contributed by atoms with van der Waals surface area (Å²) in [6, 6.07) is 5.45. The number of aromatic nitrogens is 2. The van der Waals surface area contributed by atoms with Crippen molar-refractivity contribution in [1.29, 1.82) is 0 Å². The van der Waals surface area contributed by atoms with Crippen LogP contribution in [0.1, 0.15) is 11.4 Å². The van der Waals surface area contributed by atoms with E-state index in [4.69, 9.17) is 0 Å². The lowest BCUT2D eigenvalue weighted by molar-refractivity contribution is -0.387. The molecule has 1 saturated heterocycles. The van der Waals surface area contributed by atoms with Gasteiger partial charge in [0.25, 0.3) is 15.7 Å². The van der Waals surface area contributed by atoms with Crippen molar-refractivity contribution in [3.63, 3.8) is 0 Å². The van der Waals surface area contributed by atoms with E-state index in [9.17, 15) is 18.5 Å². The largest absolute Gasteiger partial charge is 0.348 e. The zero-order valence-corrected chi connectivity index (χ0v) is 13.4. The average molecular weight is 349 g/mol. The van der Waals surface area contributed by atoms with E-state index in [1.54, 1.807) is 6.33 Å². The minimum atomic E-state index is -4.03. The van der Waals surface area contributed by atoms with Crippen LogP contribution in [0.4, 0.5) is 5.69 Å². The second kappa shape index (κ2) is 5.10. The molecule has 1 fully saturated rings. The van der Waals surface area contributed by atoms with E-state index >= 15 is 0 Å². The number of aromatic amines is 1. The average Bonchev–Trinajstić information content (AvgIpc) is 3.01. The van der Waals surface area contributed by atoms with Crippen molar-refractivity contribution in [3.8, 4) is 0 Å². The van der Waals surface area contributed by atoms with Crippen molar-refractivity contribution in [2.75, 3.05) is 19.6 Å². The second-order valence-corrected chi connectivity index (χ2v) is 7.75. The molecule has 24 heavy (non-hydrogen) atoms. The first-order valence-electron chi connectivity index (χ1n) is 7.46. The van der Waals surface area contributed by atoms with Gasteiger partial charge in [-0.15, -0.1) is 0 Å². The summed E-state index contributed by atoms with van der Waals surface area (Å²) < 4.78 is 27.8. The van der Waals surface area contributed by atoms with Gasteiger partial charge in [-0.1, -0.05) is 12.1 Å². The topological polar surface area (TPSA) is 121 Å². The van der Waals surface area contributed by atoms with Crippen molar-refractivity contribution >= 4 is 15.7 Å². The van der Waals surface area contributed by atoms with Crippen LogP contribution in [0.25, 0.3) is 0 Å². The Morgan fingerprint density at radius 3 is 2.71 bits per heavy atom. The summed E-state index contributed by atoms with van der Waals surface area (Å²) in [6.45, 7) is 1.13. The summed E-state index contributed by atoms with van der Waals surface area (Å²) in [4.78, 5) is 17.7. The molecule has 0 amide bonds. The van der Waals surface area contributed by atoms with Gasteiger partial charge in [-0.25, -0.2) is 13.4 Å². The van der Waals surface area contributed by atoms with Crippen LogP contribution >= 0.6 is 0 Å². The van der Waals surface area contributed by atoms with Gasteiger partial charge < -0.3 is 10.3 Å². The molecule has 9 nitrogen and oxygen atoms in total. The summed E-state index contributed by atoms with van der Waals surface area (Å²) in [7, 11) is -4.03. The third-order valence-electron chi connectivity index (χ3n) is 4.67. The predicted molar refractivity (Wildman–Crippen MR) is 83.8 cm³/mol. The van der Waals surface area contributed by atoms with Crippen molar-refractivity contribution in [1.82, 2.24) is 19.6 Å². The fourth-order valence-electron chi connectivity index (χ4n) is 3.46. The van der Waals surface area contributed by atoms with Crippen LogP contribution in [-0.2, 0) is 22.0 Å². The lowest BCUT2D eigenvalue weighted by Crippen LogP contribution is -2.69. The maximum Gasteiger partial charge on any atom is 0.289 e. The molecule has 2 aliphatic heterocycles. The molecule has 126 valence electrons. The molecule has 3 heterocycles. The van der Waals surface area contributed by atoms with Gasteiger partial charge >= 0.3 is 0 Å². The van der Waals surface area contributed by atoms with Gasteiger partial charge in [0.1, 0.15) is 5.54 Å². The highest BCUT2D eigenvalue weighted by Gasteiger charge is 2.55. The lowest BCUT2D eigenvalue weighted by Gasteiger charge is -2.50. The number of rotatable bonds is 3. The van der Waals surface area contributed by atoms with Crippen LogP contribution < -0.4 is 5.32 Å². The number of nitrogens with one attached hydrogen (secondary N) is 2. The zero-order valence-electron chi connectivity index (χ0n) is 12.6. The highest BCUT2D eigenvalue weighted by molar-refractivity contribution is 7.89. The van der Waals surface area contributed by atoms with Crippen molar-refractivity contribution in [2.24, 2.45) is 0 Å². The number of nitro groups is 1. The number of imidazole rings is 1. The van der Waals surface area contributed by atoms with Crippen molar-refractivity contribution in [2.45, 2.75) is 16.9 Å². The molecular weight excluding hydrogens is 334 g/mol. The highest BCUT2D eigenvalue weighted by atomic mass is 32.2. The quantitative estimate of drug-likeness (QED) is 0.610. The van der Waals surface area contributed by atoms with Crippen LogP contribution in [0.5, 0.6) is 0 Å². The van der Waals surface area contributed by atoms with Gasteiger partial charge in [0.05, 0.1) is 16.9 Å². The molecule has 4 rings (SSSR count). The van der Waals surface area contributed by atoms with Crippen LogP contribution in [0.15, 0.2) is 35.5 Å². The number of para-hydroxylation sites is 1. The van der Waals surface area contributed by atoms with Gasteiger partial charge in [-0.2, -0.15) is 4.31 Å². The van der Waals surface area contributed by atoms with Crippen LogP contribution in [-0.4, -0.2) is 47.2 Å². The predicted octanol–water partition coefficient (Wildman–Crippen LogP) is 0.363. The van der Waals surface area contributed by atoms with E-state index in [0.717, 1.165) is 5.69 Å². The molecule has 10 heteroatoms. The van der Waals surface area contributed by atoms with E-state index in [0.29, 0.717) is 25.2 Å². The number of nitro benzene ring substituents is 1. The van der Waals surface area contributed by atoms with Gasteiger partial charge in [-0.3, -0.25) is 10.1 Å². The van der Waals surface area contributed by atoms with E-state index < -0.39 is 26.2 Å². The minimum Gasteiger partial charge on any atom is -0.348 e. The highest BCUT2D eigenvalue weighted by Crippen LogP contribution is 2.41. The number of H-pyrrole nitrogens is 1. The maximum atomic E-state index is 13.2. The lowest BCUT2D eigenvalue weighted by atomic mass is 9.84. The summed E-state index contributed by atoms with van der Waals surface area (Å²) in [5.41, 5.74) is 0.434. The number of fused-ring (bicyclic) bond motifs is 2. The SMILES string of the molecule is O=[N+]([O-])c1ccccc1S(=O)(=O)N1CCc2[nH]cnc2C12CNC2. The third kappa shape index (κ3) is 1.93. The van der Waals surface area contributed by atoms with Gasteiger partial charge in [0.2, 0.25) is 0 Å². The van der Waals surface area contributed by atoms with Gasteiger partial charge in [0.15, 0.2) is 4.90 Å². The van der Waals surface area contributed by atoms with Gasteiger partial charge in [-0.05, 0) is 6.07 Å². The fraction of sp³-hybridized carbons (Fsp3) is 0.357. The van der Waals surface area contributed by atoms with Gasteiger partial charge in [0, 0.05) is 37.8 Å². The summed E-state index contributed by atoms with van der Waals surface area (Å²) >= 11 is 0. The first-order chi connectivity index (χ1) is 11.5. The molecule has 0 aliphatic carbocycles. The molecule has 1 aromatic heterocycles. The first-order valence-corrected chi connectivity index (χ1v) is 8.90.